The van der Waals surface area contributed by atoms with E-state index in [4.69, 9.17) is 4.74 Å². The zero-order valence-electron chi connectivity index (χ0n) is 13.7. The Hall–Kier alpha value is -1.31. The van der Waals surface area contributed by atoms with Crippen molar-refractivity contribution in [1.29, 1.82) is 0 Å². The number of hydrogen-bond acceptors (Lipinski definition) is 2. The van der Waals surface area contributed by atoms with Crippen LogP contribution in [0.1, 0.15) is 64.0 Å². The molecule has 2 saturated carbocycles. The molecule has 2 aliphatic carbocycles. The number of benzene rings is 1. The molecule has 21 heavy (non-hydrogen) atoms. The molecule has 1 aromatic carbocycles. The third-order valence-corrected chi connectivity index (χ3v) is 5.25. The minimum absolute atomic E-state index is 0.0552. The Labute approximate surface area is 127 Å². The van der Waals surface area contributed by atoms with Crippen LogP contribution in [-0.2, 0) is 10.2 Å². The van der Waals surface area contributed by atoms with Gasteiger partial charge in [0.1, 0.15) is 17.6 Å². The van der Waals surface area contributed by atoms with Crippen molar-refractivity contribution in [2.24, 2.45) is 5.41 Å². The second-order valence-electron chi connectivity index (χ2n) is 7.85. The van der Waals surface area contributed by atoms with Crippen LogP contribution in [-0.4, -0.2) is 11.9 Å². The number of aryl methyl sites for hydroxylation is 1. The van der Waals surface area contributed by atoms with E-state index in [9.17, 15) is 4.79 Å². The first-order valence-corrected chi connectivity index (χ1v) is 8.14. The monoisotopic (exact) mass is 286 g/mol. The van der Waals surface area contributed by atoms with Crippen molar-refractivity contribution in [2.45, 2.75) is 71.3 Å². The van der Waals surface area contributed by atoms with Gasteiger partial charge in [-0.05, 0) is 42.4 Å². The van der Waals surface area contributed by atoms with Crippen molar-refractivity contribution in [1.82, 2.24) is 0 Å². The smallest absolute Gasteiger partial charge is 0.146 e. The topological polar surface area (TPSA) is 26.3 Å². The molecule has 1 aromatic rings. The van der Waals surface area contributed by atoms with Gasteiger partial charge in [-0.25, -0.2) is 0 Å². The molecule has 0 amide bonds. The number of carbonyl (C=O) groups is 1. The van der Waals surface area contributed by atoms with Crippen LogP contribution in [0, 0.1) is 12.3 Å². The lowest BCUT2D eigenvalue weighted by atomic mass is 9.63. The van der Waals surface area contributed by atoms with Gasteiger partial charge in [-0.15, -0.1) is 0 Å². The normalized spacial score (nSPS) is 24.2. The van der Waals surface area contributed by atoms with Gasteiger partial charge in [0.2, 0.25) is 0 Å². The zero-order valence-corrected chi connectivity index (χ0v) is 13.7. The highest BCUT2D eigenvalue weighted by Crippen LogP contribution is 2.52. The first kappa shape index (κ1) is 14.6. The van der Waals surface area contributed by atoms with Crippen LogP contribution in [0.2, 0.25) is 0 Å². The average Bonchev–Trinajstić information content (AvgIpc) is 2.89. The summed E-state index contributed by atoms with van der Waals surface area (Å²) in [6, 6.07) is 6.45. The van der Waals surface area contributed by atoms with Crippen molar-refractivity contribution in [3.63, 3.8) is 0 Å². The Morgan fingerprint density at radius 1 is 1.19 bits per heavy atom. The number of rotatable bonds is 2. The van der Waals surface area contributed by atoms with Gasteiger partial charge < -0.3 is 4.74 Å². The van der Waals surface area contributed by atoms with Gasteiger partial charge in [-0.3, -0.25) is 4.79 Å². The van der Waals surface area contributed by atoms with E-state index in [1.54, 1.807) is 0 Å². The van der Waals surface area contributed by atoms with E-state index in [2.05, 4.69) is 45.9 Å². The van der Waals surface area contributed by atoms with E-state index in [1.807, 2.05) is 0 Å². The molecule has 0 saturated heterocycles. The average molecular weight is 286 g/mol. The number of carbonyl (C=O) groups excluding carboxylic acids is 1. The highest BCUT2D eigenvalue weighted by molar-refractivity contribution is 5.92. The first-order valence-electron chi connectivity index (χ1n) is 8.14. The molecule has 1 unspecified atom stereocenters. The molecule has 0 N–H and O–H groups in total. The summed E-state index contributed by atoms with van der Waals surface area (Å²) in [6.45, 7) is 8.72. The molecule has 2 heteroatoms. The maximum Gasteiger partial charge on any atom is 0.146 e. The lowest BCUT2D eigenvalue weighted by Gasteiger charge is -2.45. The molecule has 1 spiro atoms. The van der Waals surface area contributed by atoms with Gasteiger partial charge in [-0.2, -0.15) is 0 Å². The third kappa shape index (κ3) is 2.39. The highest BCUT2D eigenvalue weighted by Gasteiger charge is 2.57. The summed E-state index contributed by atoms with van der Waals surface area (Å²) in [7, 11) is 0. The van der Waals surface area contributed by atoms with Crippen molar-refractivity contribution in [2.75, 3.05) is 0 Å². The quantitative estimate of drug-likeness (QED) is 0.796. The van der Waals surface area contributed by atoms with E-state index in [1.165, 1.54) is 24.0 Å². The van der Waals surface area contributed by atoms with Gasteiger partial charge in [0.05, 0.1) is 5.41 Å². The molecular weight excluding hydrogens is 260 g/mol. The molecule has 2 aliphatic rings. The van der Waals surface area contributed by atoms with Crippen LogP contribution in [0.15, 0.2) is 18.2 Å². The lowest BCUT2D eigenvalue weighted by molar-refractivity contribution is -0.151. The van der Waals surface area contributed by atoms with Gasteiger partial charge in [0, 0.05) is 6.42 Å². The SMILES string of the molecule is Cc1ccc(C(C)(C)C)c(OC2CC(=O)C23CCCC3)c1. The maximum atomic E-state index is 12.1. The molecule has 0 radical (unpaired) electrons. The molecule has 0 bridgehead atoms. The Balaban J connectivity index is 1.88. The predicted molar refractivity (Wildman–Crippen MR) is 84.8 cm³/mol. The van der Waals surface area contributed by atoms with Crippen LogP contribution >= 0.6 is 0 Å². The summed E-state index contributed by atoms with van der Waals surface area (Å²) in [5, 5.41) is 0. The number of ether oxygens (including phenoxy) is 1. The van der Waals surface area contributed by atoms with Gasteiger partial charge in [0.15, 0.2) is 0 Å². The van der Waals surface area contributed by atoms with Gasteiger partial charge in [-0.1, -0.05) is 45.7 Å². The van der Waals surface area contributed by atoms with Crippen LogP contribution in [0.4, 0.5) is 0 Å². The lowest BCUT2D eigenvalue weighted by Crippen LogP contribution is -2.55. The van der Waals surface area contributed by atoms with Crippen molar-refractivity contribution < 1.29 is 9.53 Å². The first-order chi connectivity index (χ1) is 9.83. The molecule has 2 fully saturated rings. The fraction of sp³-hybridized carbons (Fsp3) is 0.632. The van der Waals surface area contributed by atoms with E-state index in [0.29, 0.717) is 12.2 Å². The highest BCUT2D eigenvalue weighted by atomic mass is 16.5. The summed E-state index contributed by atoms with van der Waals surface area (Å²) in [6.07, 6.45) is 5.07. The molecule has 0 aromatic heterocycles. The summed E-state index contributed by atoms with van der Waals surface area (Å²) >= 11 is 0. The van der Waals surface area contributed by atoms with E-state index < -0.39 is 0 Å². The van der Waals surface area contributed by atoms with E-state index >= 15 is 0 Å². The standard InChI is InChI=1S/C19H26O2/c1-13-7-8-14(18(2,3)4)15(11-13)21-17-12-16(20)19(17)9-5-6-10-19/h7-8,11,17H,5-6,9-10,12H2,1-4H3. The predicted octanol–water partition coefficient (Wildman–Crippen LogP) is 4.57. The molecule has 3 rings (SSSR count). The van der Waals surface area contributed by atoms with Gasteiger partial charge >= 0.3 is 0 Å². The summed E-state index contributed by atoms with van der Waals surface area (Å²) in [5.41, 5.74) is 2.35. The Morgan fingerprint density at radius 2 is 1.86 bits per heavy atom. The minimum atomic E-state index is -0.154. The second-order valence-corrected chi connectivity index (χ2v) is 7.85. The summed E-state index contributed by atoms with van der Waals surface area (Å²) < 4.78 is 6.38. The Bertz CT molecular complexity index is 559. The molecule has 0 aliphatic heterocycles. The minimum Gasteiger partial charge on any atom is -0.489 e. The summed E-state index contributed by atoms with van der Waals surface area (Å²) in [5.74, 6) is 1.40. The number of hydrogen-bond donors (Lipinski definition) is 0. The van der Waals surface area contributed by atoms with E-state index in [0.717, 1.165) is 18.6 Å². The van der Waals surface area contributed by atoms with Crippen molar-refractivity contribution in [3.05, 3.63) is 29.3 Å². The molecule has 1 atom stereocenters. The van der Waals surface area contributed by atoms with E-state index in [-0.39, 0.29) is 16.9 Å². The molecule has 114 valence electrons. The molecule has 2 nitrogen and oxygen atoms in total. The third-order valence-electron chi connectivity index (χ3n) is 5.25. The number of ketones is 1. The fourth-order valence-electron chi connectivity index (χ4n) is 3.88. The fourth-order valence-corrected chi connectivity index (χ4v) is 3.88. The van der Waals surface area contributed by atoms with Crippen LogP contribution in [0.5, 0.6) is 5.75 Å². The van der Waals surface area contributed by atoms with Crippen LogP contribution in [0.25, 0.3) is 0 Å². The van der Waals surface area contributed by atoms with Crippen LogP contribution < -0.4 is 4.74 Å². The maximum absolute atomic E-state index is 12.1. The second kappa shape index (κ2) is 4.86. The summed E-state index contributed by atoms with van der Waals surface area (Å²) in [4.78, 5) is 12.1. The number of Topliss-reactive ketones (excluding diaryl/α,β-unsaturated/α-hetero) is 1. The van der Waals surface area contributed by atoms with Crippen molar-refractivity contribution >= 4 is 5.78 Å². The largest absolute Gasteiger partial charge is 0.489 e. The zero-order chi connectivity index (χ0) is 15.3. The Kier molecular flexibility index (Phi) is 3.38. The Morgan fingerprint density at radius 3 is 2.43 bits per heavy atom. The van der Waals surface area contributed by atoms with Gasteiger partial charge in [0.25, 0.3) is 0 Å². The molecule has 0 heterocycles. The molecular formula is C19H26O2. The van der Waals surface area contributed by atoms with Crippen molar-refractivity contribution in [3.8, 4) is 5.75 Å². The van der Waals surface area contributed by atoms with Crippen LogP contribution in [0.3, 0.4) is 0 Å².